The Morgan fingerprint density at radius 1 is 1.20 bits per heavy atom. The number of aromatic nitrogens is 1. The Kier molecular flexibility index (Phi) is 4.96. The smallest absolute Gasteiger partial charge is 0.123 e. The molecule has 2 aliphatic heterocycles. The van der Waals surface area contributed by atoms with E-state index < -0.39 is 0 Å². The van der Waals surface area contributed by atoms with Gasteiger partial charge in [0.2, 0.25) is 0 Å². The van der Waals surface area contributed by atoms with E-state index in [1.807, 2.05) is 12.3 Å². The second kappa shape index (κ2) is 7.18. The molecule has 5 N–H and O–H groups in total. The molecule has 0 radical (unpaired) electrons. The van der Waals surface area contributed by atoms with E-state index in [-0.39, 0.29) is 29.3 Å². The minimum absolute atomic E-state index is 0.121. The fourth-order valence-electron chi connectivity index (χ4n) is 8.43. The summed E-state index contributed by atoms with van der Waals surface area (Å²) in [4.78, 5) is 4.29. The Labute approximate surface area is 181 Å². The zero-order chi connectivity index (χ0) is 21.1. The molecule has 5 nitrogen and oxygen atoms in total. The highest BCUT2D eigenvalue weighted by Gasteiger charge is 2.69. The van der Waals surface area contributed by atoms with Gasteiger partial charge in [0.05, 0.1) is 11.2 Å². The number of hydrogen-bond acceptors (Lipinski definition) is 5. The van der Waals surface area contributed by atoms with Crippen LogP contribution in [-0.2, 0) is 11.2 Å². The van der Waals surface area contributed by atoms with E-state index in [1.54, 1.807) is 0 Å². The fourth-order valence-corrected chi connectivity index (χ4v) is 8.43. The first kappa shape index (κ1) is 20.7. The standard InChI is InChI=1S/C25H39N3O2/c1-23(2)22-18-7-8-20(14-29)25(22,27)15-24(12-18,30-23)19-5-3-4-16(11-19)10-17-6-9-21(26)28-13-17/h6,9,13,16,18-20,22,29H,3-5,7-8,10-12,14-15,27H2,1-2H3,(H2,26,28)/t16-,18+,19+,20-,22+,24+,25-/m1/s1. The summed E-state index contributed by atoms with van der Waals surface area (Å²) in [5.41, 5.74) is 13.7. The molecule has 0 unspecified atom stereocenters. The first-order valence-corrected chi connectivity index (χ1v) is 12.1. The third-order valence-electron chi connectivity index (χ3n) is 9.24. The normalized spacial score (nSPS) is 44.7. The van der Waals surface area contributed by atoms with Crippen molar-refractivity contribution in [2.45, 2.75) is 88.4 Å². The number of pyridine rings is 1. The minimum atomic E-state index is -0.286. The molecule has 4 bridgehead atoms. The van der Waals surface area contributed by atoms with Crippen LogP contribution in [0.15, 0.2) is 18.3 Å². The topological polar surface area (TPSA) is 94.4 Å². The van der Waals surface area contributed by atoms with Crippen LogP contribution in [0.2, 0.25) is 0 Å². The van der Waals surface area contributed by atoms with Gasteiger partial charge in [0.25, 0.3) is 0 Å². The quantitative estimate of drug-likeness (QED) is 0.700. The molecule has 7 atom stereocenters. The zero-order valence-electron chi connectivity index (χ0n) is 18.6. The summed E-state index contributed by atoms with van der Waals surface area (Å²) in [6.07, 6.45) is 12.3. The number of nitrogens with zero attached hydrogens (tertiary/aromatic N) is 1. The number of nitrogens with two attached hydrogens (primary N) is 2. The molecule has 5 aliphatic rings. The molecule has 3 aliphatic carbocycles. The largest absolute Gasteiger partial charge is 0.396 e. The number of aliphatic hydroxyl groups excluding tert-OH is 1. The molecule has 5 fully saturated rings. The molecule has 30 heavy (non-hydrogen) atoms. The predicted octanol–water partition coefficient (Wildman–Crippen LogP) is 3.69. The molecule has 0 aromatic carbocycles. The van der Waals surface area contributed by atoms with Crippen molar-refractivity contribution in [2.75, 3.05) is 12.3 Å². The van der Waals surface area contributed by atoms with Crippen LogP contribution in [0, 0.1) is 29.6 Å². The van der Waals surface area contributed by atoms with Crippen LogP contribution in [-0.4, -0.2) is 33.4 Å². The van der Waals surface area contributed by atoms with Crippen molar-refractivity contribution < 1.29 is 9.84 Å². The van der Waals surface area contributed by atoms with Crippen LogP contribution in [0.1, 0.15) is 70.8 Å². The van der Waals surface area contributed by atoms with Crippen LogP contribution in [0.3, 0.4) is 0 Å². The molecule has 166 valence electrons. The monoisotopic (exact) mass is 413 g/mol. The average Bonchev–Trinajstić information content (AvgIpc) is 2.68. The molecule has 3 saturated carbocycles. The van der Waals surface area contributed by atoms with E-state index in [4.69, 9.17) is 16.2 Å². The Balaban J connectivity index is 1.40. The zero-order valence-corrected chi connectivity index (χ0v) is 18.6. The van der Waals surface area contributed by atoms with Crippen molar-refractivity contribution in [3.63, 3.8) is 0 Å². The summed E-state index contributed by atoms with van der Waals surface area (Å²) in [6.45, 7) is 4.74. The highest BCUT2D eigenvalue weighted by atomic mass is 16.5. The van der Waals surface area contributed by atoms with Crippen molar-refractivity contribution in [1.29, 1.82) is 0 Å². The molecular weight excluding hydrogens is 374 g/mol. The van der Waals surface area contributed by atoms with Crippen molar-refractivity contribution in [3.05, 3.63) is 23.9 Å². The second-order valence-electron chi connectivity index (χ2n) is 11.5. The van der Waals surface area contributed by atoms with Gasteiger partial charge in [-0.1, -0.05) is 18.9 Å². The van der Waals surface area contributed by atoms with E-state index in [9.17, 15) is 5.11 Å². The number of nitrogen functional groups attached to an aromatic ring is 1. The van der Waals surface area contributed by atoms with Crippen molar-refractivity contribution >= 4 is 5.82 Å². The molecule has 1 aromatic rings. The molecule has 0 amide bonds. The third-order valence-corrected chi connectivity index (χ3v) is 9.24. The van der Waals surface area contributed by atoms with Crippen LogP contribution in [0.5, 0.6) is 0 Å². The number of aliphatic hydroxyl groups is 1. The van der Waals surface area contributed by atoms with E-state index in [2.05, 4.69) is 24.9 Å². The molecule has 5 heteroatoms. The molecule has 2 saturated heterocycles. The molecular formula is C25H39N3O2. The number of anilines is 1. The lowest BCUT2D eigenvalue weighted by Gasteiger charge is -2.71. The summed E-state index contributed by atoms with van der Waals surface area (Å²) in [7, 11) is 0. The Hall–Kier alpha value is -1.17. The fraction of sp³-hybridized carbons (Fsp3) is 0.800. The number of fused-ring (bicyclic) bond motifs is 1. The number of rotatable bonds is 4. The highest BCUT2D eigenvalue weighted by molar-refractivity contribution is 5.29. The van der Waals surface area contributed by atoms with Gasteiger partial charge in [0, 0.05) is 30.2 Å². The van der Waals surface area contributed by atoms with E-state index in [0.29, 0.717) is 29.5 Å². The first-order chi connectivity index (χ1) is 14.3. The van der Waals surface area contributed by atoms with Gasteiger partial charge in [-0.15, -0.1) is 0 Å². The van der Waals surface area contributed by atoms with Gasteiger partial charge in [-0.05, 0) is 88.2 Å². The highest BCUT2D eigenvalue weighted by Crippen LogP contribution is 2.65. The van der Waals surface area contributed by atoms with Gasteiger partial charge in [0.15, 0.2) is 0 Å². The van der Waals surface area contributed by atoms with Crippen LogP contribution >= 0.6 is 0 Å². The van der Waals surface area contributed by atoms with Crippen LogP contribution < -0.4 is 11.5 Å². The van der Waals surface area contributed by atoms with Crippen molar-refractivity contribution in [2.24, 2.45) is 35.3 Å². The number of hydrogen-bond donors (Lipinski definition) is 3. The molecule has 0 spiro atoms. The van der Waals surface area contributed by atoms with Crippen molar-refractivity contribution in [1.82, 2.24) is 4.98 Å². The summed E-state index contributed by atoms with van der Waals surface area (Å²) in [6, 6.07) is 4.04. The second-order valence-corrected chi connectivity index (χ2v) is 11.5. The lowest BCUT2D eigenvalue weighted by atomic mass is 9.44. The molecule has 6 rings (SSSR count). The molecule has 1 aromatic heterocycles. The third kappa shape index (κ3) is 3.20. The average molecular weight is 414 g/mol. The summed E-state index contributed by atoms with van der Waals surface area (Å²) >= 11 is 0. The maximum absolute atomic E-state index is 10.2. The SMILES string of the molecule is CC1(C)O[C@@]2([C@H]3CCC[C@H](Cc4ccc(N)nc4)C3)C[C@@H]3CC[C@H](CO)[C@](N)(C2)[C@@H]31. The lowest BCUT2D eigenvalue weighted by molar-refractivity contribution is -0.321. The Morgan fingerprint density at radius 2 is 2.03 bits per heavy atom. The first-order valence-electron chi connectivity index (χ1n) is 12.1. The van der Waals surface area contributed by atoms with Gasteiger partial charge in [-0.3, -0.25) is 0 Å². The summed E-state index contributed by atoms with van der Waals surface area (Å²) in [5.74, 6) is 3.02. The van der Waals surface area contributed by atoms with Crippen LogP contribution in [0.4, 0.5) is 5.82 Å². The Morgan fingerprint density at radius 3 is 2.77 bits per heavy atom. The van der Waals surface area contributed by atoms with Gasteiger partial charge in [-0.2, -0.15) is 0 Å². The maximum atomic E-state index is 10.2. The van der Waals surface area contributed by atoms with E-state index >= 15 is 0 Å². The predicted molar refractivity (Wildman–Crippen MR) is 119 cm³/mol. The molecule has 3 heterocycles. The maximum Gasteiger partial charge on any atom is 0.123 e. The number of ether oxygens (including phenoxy) is 1. The van der Waals surface area contributed by atoms with E-state index in [1.165, 1.54) is 44.1 Å². The summed E-state index contributed by atoms with van der Waals surface area (Å²) < 4.78 is 7.02. The van der Waals surface area contributed by atoms with Gasteiger partial charge < -0.3 is 21.3 Å². The van der Waals surface area contributed by atoms with E-state index in [0.717, 1.165) is 19.3 Å². The van der Waals surface area contributed by atoms with Gasteiger partial charge >= 0.3 is 0 Å². The minimum Gasteiger partial charge on any atom is -0.396 e. The van der Waals surface area contributed by atoms with Gasteiger partial charge in [-0.25, -0.2) is 4.98 Å². The summed E-state index contributed by atoms with van der Waals surface area (Å²) in [5, 5.41) is 10.2. The lowest BCUT2D eigenvalue weighted by Crippen LogP contribution is -2.78. The van der Waals surface area contributed by atoms with Crippen LogP contribution in [0.25, 0.3) is 0 Å². The van der Waals surface area contributed by atoms with Crippen molar-refractivity contribution in [3.8, 4) is 0 Å². The van der Waals surface area contributed by atoms with Gasteiger partial charge in [0.1, 0.15) is 5.82 Å². The Bertz CT molecular complexity index is 781.